The van der Waals surface area contributed by atoms with E-state index >= 15 is 0 Å². The minimum Gasteiger partial charge on any atom is -0.463 e. The fourth-order valence-corrected chi connectivity index (χ4v) is 1.58. The molecule has 1 N–H and O–H groups in total. The summed E-state index contributed by atoms with van der Waals surface area (Å²) in [6, 6.07) is 9.61. The van der Waals surface area contributed by atoms with Crippen LogP contribution in [0.3, 0.4) is 0 Å². The number of halogens is 1. The number of benzene rings is 1. The first-order valence-corrected chi connectivity index (χ1v) is 5.23. The van der Waals surface area contributed by atoms with E-state index in [0.717, 1.165) is 12.2 Å². The van der Waals surface area contributed by atoms with Crippen LogP contribution in [0, 0.1) is 5.82 Å². The molecule has 2 nitrogen and oxygen atoms in total. The van der Waals surface area contributed by atoms with Gasteiger partial charge in [0.05, 0.1) is 0 Å². The zero-order chi connectivity index (χ0) is 11.5. The lowest BCUT2D eigenvalue weighted by Gasteiger charge is -2.08. The molecule has 0 radical (unpaired) electrons. The van der Waals surface area contributed by atoms with E-state index in [1.165, 1.54) is 6.07 Å². The molecule has 0 fully saturated rings. The third kappa shape index (κ3) is 1.99. The zero-order valence-electron chi connectivity index (χ0n) is 8.98. The minimum absolute atomic E-state index is 0.236. The van der Waals surface area contributed by atoms with Crippen molar-refractivity contribution in [2.45, 2.75) is 19.4 Å². The Hall–Kier alpha value is -1.61. The highest BCUT2D eigenvalue weighted by molar-refractivity contribution is 5.26. The van der Waals surface area contributed by atoms with E-state index < -0.39 is 11.9 Å². The fourth-order valence-electron chi connectivity index (χ4n) is 1.58. The van der Waals surface area contributed by atoms with Crippen LogP contribution in [0.5, 0.6) is 0 Å². The predicted molar refractivity (Wildman–Crippen MR) is 58.5 cm³/mol. The molecule has 0 saturated carbocycles. The summed E-state index contributed by atoms with van der Waals surface area (Å²) in [6.45, 7) is 1.96. The number of hydrogen-bond acceptors (Lipinski definition) is 2. The Labute approximate surface area is 93.3 Å². The first-order valence-electron chi connectivity index (χ1n) is 5.23. The van der Waals surface area contributed by atoms with Gasteiger partial charge in [-0.2, -0.15) is 0 Å². The van der Waals surface area contributed by atoms with Crippen molar-refractivity contribution in [2.75, 3.05) is 0 Å². The Morgan fingerprint density at radius 2 is 2.00 bits per heavy atom. The molecule has 3 heteroatoms. The highest BCUT2D eigenvalue weighted by Crippen LogP contribution is 2.25. The van der Waals surface area contributed by atoms with Gasteiger partial charge in [-0.15, -0.1) is 0 Å². The monoisotopic (exact) mass is 220 g/mol. The molecule has 1 heterocycles. The third-order valence-corrected chi connectivity index (χ3v) is 2.50. The summed E-state index contributed by atoms with van der Waals surface area (Å²) in [4.78, 5) is 0. The van der Waals surface area contributed by atoms with E-state index in [1.807, 2.05) is 6.92 Å². The molecular formula is C13H13FO2. The summed E-state index contributed by atoms with van der Waals surface area (Å²) >= 11 is 0. The van der Waals surface area contributed by atoms with Crippen LogP contribution in [-0.2, 0) is 6.42 Å². The Morgan fingerprint density at radius 1 is 1.25 bits per heavy atom. The number of hydrogen-bond donors (Lipinski definition) is 1. The average molecular weight is 220 g/mol. The maximum atomic E-state index is 13.4. The molecule has 1 atom stereocenters. The topological polar surface area (TPSA) is 33.4 Å². The number of aliphatic hydroxyl groups excluding tert-OH is 1. The van der Waals surface area contributed by atoms with Crippen LogP contribution in [0.1, 0.15) is 30.1 Å². The molecule has 2 rings (SSSR count). The van der Waals surface area contributed by atoms with Crippen LogP contribution in [0.2, 0.25) is 0 Å². The van der Waals surface area contributed by atoms with E-state index in [9.17, 15) is 9.50 Å². The van der Waals surface area contributed by atoms with E-state index in [1.54, 1.807) is 30.3 Å². The lowest BCUT2D eigenvalue weighted by molar-refractivity contribution is 0.182. The van der Waals surface area contributed by atoms with Crippen LogP contribution in [0.15, 0.2) is 40.8 Å². The normalized spacial score (nSPS) is 12.7. The van der Waals surface area contributed by atoms with Gasteiger partial charge in [0.15, 0.2) is 0 Å². The fraction of sp³-hybridized carbons (Fsp3) is 0.231. The predicted octanol–water partition coefficient (Wildman–Crippen LogP) is 3.06. The van der Waals surface area contributed by atoms with Gasteiger partial charge in [-0.3, -0.25) is 0 Å². The smallest absolute Gasteiger partial charge is 0.139 e. The Bertz CT molecular complexity index is 476. The van der Waals surface area contributed by atoms with Gasteiger partial charge in [0, 0.05) is 12.0 Å². The van der Waals surface area contributed by atoms with Gasteiger partial charge in [-0.25, -0.2) is 4.39 Å². The molecule has 0 spiro atoms. The van der Waals surface area contributed by atoms with Gasteiger partial charge in [-0.1, -0.05) is 25.1 Å². The maximum Gasteiger partial charge on any atom is 0.139 e. The summed E-state index contributed by atoms with van der Waals surface area (Å²) in [5.41, 5.74) is 0.236. The number of aliphatic hydroxyl groups is 1. The highest BCUT2D eigenvalue weighted by atomic mass is 19.1. The first-order chi connectivity index (χ1) is 7.72. The van der Waals surface area contributed by atoms with Crippen molar-refractivity contribution in [3.8, 4) is 0 Å². The molecule has 1 unspecified atom stereocenters. The summed E-state index contributed by atoms with van der Waals surface area (Å²) in [7, 11) is 0. The molecule has 0 aliphatic rings. The molecule has 0 amide bonds. The van der Waals surface area contributed by atoms with E-state index in [4.69, 9.17) is 4.42 Å². The van der Waals surface area contributed by atoms with Gasteiger partial charge in [0.25, 0.3) is 0 Å². The number of furan rings is 1. The van der Waals surface area contributed by atoms with Gasteiger partial charge < -0.3 is 9.52 Å². The number of rotatable bonds is 3. The average Bonchev–Trinajstić information content (AvgIpc) is 2.77. The van der Waals surface area contributed by atoms with Crippen molar-refractivity contribution in [3.05, 3.63) is 59.3 Å². The molecule has 0 aliphatic heterocycles. The molecule has 2 aromatic rings. The van der Waals surface area contributed by atoms with Crippen molar-refractivity contribution in [3.63, 3.8) is 0 Å². The van der Waals surface area contributed by atoms with Gasteiger partial charge in [-0.05, 0) is 18.2 Å². The van der Waals surface area contributed by atoms with Gasteiger partial charge in [0.1, 0.15) is 23.4 Å². The summed E-state index contributed by atoms with van der Waals surface area (Å²) < 4.78 is 18.8. The Kier molecular flexibility index (Phi) is 3.06. The standard InChI is InChI=1S/C13H13FO2/c1-2-9-7-8-12(16-9)13(15)10-5-3-4-6-11(10)14/h3-8,13,15H,2H2,1H3. The van der Waals surface area contributed by atoms with Gasteiger partial charge in [0.2, 0.25) is 0 Å². The molecule has 16 heavy (non-hydrogen) atoms. The summed E-state index contributed by atoms with van der Waals surface area (Å²) in [5, 5.41) is 9.95. The van der Waals surface area contributed by atoms with E-state index in [2.05, 4.69) is 0 Å². The van der Waals surface area contributed by atoms with Crippen molar-refractivity contribution in [2.24, 2.45) is 0 Å². The molecule has 1 aromatic carbocycles. The molecule has 84 valence electrons. The van der Waals surface area contributed by atoms with Crippen LogP contribution < -0.4 is 0 Å². The minimum atomic E-state index is -1.04. The van der Waals surface area contributed by atoms with E-state index in [-0.39, 0.29) is 5.56 Å². The van der Waals surface area contributed by atoms with Crippen molar-refractivity contribution >= 4 is 0 Å². The highest BCUT2D eigenvalue weighted by Gasteiger charge is 2.17. The molecule has 1 aromatic heterocycles. The lowest BCUT2D eigenvalue weighted by atomic mass is 10.1. The zero-order valence-corrected chi connectivity index (χ0v) is 8.98. The summed E-state index contributed by atoms with van der Waals surface area (Å²) in [6.07, 6.45) is -0.286. The largest absolute Gasteiger partial charge is 0.463 e. The maximum absolute atomic E-state index is 13.4. The lowest BCUT2D eigenvalue weighted by Crippen LogP contribution is -2.00. The third-order valence-electron chi connectivity index (χ3n) is 2.50. The molecule has 0 saturated heterocycles. The Morgan fingerprint density at radius 3 is 2.62 bits per heavy atom. The van der Waals surface area contributed by atoms with Crippen LogP contribution in [0.4, 0.5) is 4.39 Å². The van der Waals surface area contributed by atoms with Crippen molar-refractivity contribution in [1.29, 1.82) is 0 Å². The van der Waals surface area contributed by atoms with Gasteiger partial charge >= 0.3 is 0 Å². The van der Waals surface area contributed by atoms with Crippen molar-refractivity contribution in [1.82, 2.24) is 0 Å². The molecule has 0 aliphatic carbocycles. The van der Waals surface area contributed by atoms with Crippen LogP contribution >= 0.6 is 0 Å². The SMILES string of the molecule is CCc1ccc(C(O)c2ccccc2F)o1. The first kappa shape index (κ1) is 10.9. The Balaban J connectivity index is 2.31. The number of aryl methyl sites for hydroxylation is 1. The second-order valence-corrected chi connectivity index (χ2v) is 3.58. The van der Waals surface area contributed by atoms with E-state index in [0.29, 0.717) is 5.76 Å². The van der Waals surface area contributed by atoms with Crippen LogP contribution in [0.25, 0.3) is 0 Å². The quantitative estimate of drug-likeness (QED) is 0.862. The summed E-state index contributed by atoms with van der Waals surface area (Å²) in [5.74, 6) is 0.733. The van der Waals surface area contributed by atoms with Crippen LogP contribution in [-0.4, -0.2) is 5.11 Å². The molecular weight excluding hydrogens is 207 g/mol. The second kappa shape index (κ2) is 4.49. The molecule has 0 bridgehead atoms. The van der Waals surface area contributed by atoms with Crippen molar-refractivity contribution < 1.29 is 13.9 Å². The second-order valence-electron chi connectivity index (χ2n) is 3.58.